The van der Waals surface area contributed by atoms with Gasteiger partial charge in [-0.3, -0.25) is 4.57 Å². The zero-order valence-electron chi connectivity index (χ0n) is 9.54. The van der Waals surface area contributed by atoms with E-state index in [1.807, 2.05) is 0 Å². The van der Waals surface area contributed by atoms with Gasteiger partial charge in [0, 0.05) is 6.20 Å². The molecular weight excluding hydrogens is 224 g/mol. The van der Waals surface area contributed by atoms with Crippen LogP contribution in [0.1, 0.15) is 19.6 Å². The second-order valence-corrected chi connectivity index (χ2v) is 4.55. The Bertz CT molecular complexity index is 471. The molecule has 0 spiro atoms. The van der Waals surface area contributed by atoms with Crippen LogP contribution >= 0.6 is 0 Å². The van der Waals surface area contributed by atoms with E-state index in [0.717, 1.165) is 0 Å². The van der Waals surface area contributed by atoms with Gasteiger partial charge < -0.3 is 21.3 Å². The Labute approximate surface area is 98.0 Å². The van der Waals surface area contributed by atoms with Gasteiger partial charge in [-0.1, -0.05) is 0 Å². The zero-order valence-corrected chi connectivity index (χ0v) is 9.54. The van der Waals surface area contributed by atoms with E-state index in [1.54, 1.807) is 6.92 Å². The van der Waals surface area contributed by atoms with Crippen molar-refractivity contribution in [1.29, 1.82) is 0 Å². The van der Waals surface area contributed by atoms with Gasteiger partial charge in [0.15, 0.2) is 6.23 Å². The van der Waals surface area contributed by atoms with Crippen LogP contribution < -0.4 is 17.2 Å². The molecule has 0 aromatic carbocycles. The summed E-state index contributed by atoms with van der Waals surface area (Å²) < 4.78 is 6.84. The molecular formula is C10H16N4O3. The van der Waals surface area contributed by atoms with Gasteiger partial charge in [0.1, 0.15) is 5.82 Å². The summed E-state index contributed by atoms with van der Waals surface area (Å²) in [7, 11) is 0. The van der Waals surface area contributed by atoms with E-state index >= 15 is 0 Å². The molecule has 0 aliphatic carbocycles. The van der Waals surface area contributed by atoms with Crippen molar-refractivity contribution in [1.82, 2.24) is 9.55 Å². The molecule has 5 N–H and O–H groups in total. The Morgan fingerprint density at radius 3 is 3.00 bits per heavy atom. The van der Waals surface area contributed by atoms with Crippen LogP contribution in [0.2, 0.25) is 0 Å². The first-order chi connectivity index (χ1) is 7.94. The summed E-state index contributed by atoms with van der Waals surface area (Å²) in [6, 6.07) is 1.51. The van der Waals surface area contributed by atoms with Crippen molar-refractivity contribution in [3.05, 3.63) is 22.7 Å². The number of aromatic nitrogens is 2. The van der Waals surface area contributed by atoms with Crippen molar-refractivity contribution in [3.63, 3.8) is 0 Å². The Kier molecular flexibility index (Phi) is 2.90. The minimum atomic E-state index is -0.727. The molecule has 0 saturated carbocycles. The second-order valence-electron chi connectivity index (χ2n) is 4.55. The largest absolute Gasteiger partial charge is 0.394 e. The van der Waals surface area contributed by atoms with Crippen LogP contribution in [0.4, 0.5) is 5.82 Å². The Hall–Kier alpha value is -1.44. The Balaban J connectivity index is 2.37. The molecule has 94 valence electrons. The first kappa shape index (κ1) is 12.0. The highest BCUT2D eigenvalue weighted by Gasteiger charge is 2.43. The molecule has 7 heteroatoms. The van der Waals surface area contributed by atoms with Crippen LogP contribution in [0.25, 0.3) is 0 Å². The minimum absolute atomic E-state index is 0.125. The summed E-state index contributed by atoms with van der Waals surface area (Å²) in [5.41, 5.74) is 10.2. The summed E-state index contributed by atoms with van der Waals surface area (Å²) in [5, 5.41) is 9.07. The third kappa shape index (κ3) is 2.17. The number of ether oxygens (including phenoxy) is 1. The second kappa shape index (κ2) is 4.10. The number of rotatable bonds is 2. The molecule has 1 aliphatic rings. The van der Waals surface area contributed by atoms with E-state index in [1.165, 1.54) is 16.8 Å². The van der Waals surface area contributed by atoms with Gasteiger partial charge in [0.25, 0.3) is 0 Å². The standard InChI is InChI=1S/C10H16N4O3/c1-10(12)4-6(5-15)17-8(10)14-3-2-7(11)13-9(14)16/h2-3,6,8,15H,4-5,12H2,1H3,(H2,11,13,16). The number of aliphatic hydroxyl groups is 1. The van der Waals surface area contributed by atoms with Gasteiger partial charge in [0.2, 0.25) is 0 Å². The summed E-state index contributed by atoms with van der Waals surface area (Å²) in [6.45, 7) is 1.65. The third-order valence-electron chi connectivity index (χ3n) is 2.86. The predicted molar refractivity (Wildman–Crippen MR) is 61.1 cm³/mol. The van der Waals surface area contributed by atoms with E-state index in [-0.39, 0.29) is 18.5 Å². The molecule has 3 unspecified atom stereocenters. The summed E-state index contributed by atoms with van der Waals surface area (Å²) in [5.74, 6) is 0.154. The van der Waals surface area contributed by atoms with Crippen LogP contribution in [-0.2, 0) is 4.74 Å². The highest BCUT2D eigenvalue weighted by Crippen LogP contribution is 2.34. The lowest BCUT2D eigenvalue weighted by atomic mass is 9.97. The van der Waals surface area contributed by atoms with Gasteiger partial charge >= 0.3 is 5.69 Å². The molecule has 2 rings (SSSR count). The molecule has 1 fully saturated rings. The van der Waals surface area contributed by atoms with Crippen molar-refractivity contribution in [2.75, 3.05) is 12.3 Å². The highest BCUT2D eigenvalue weighted by molar-refractivity contribution is 5.23. The van der Waals surface area contributed by atoms with Crippen molar-refractivity contribution < 1.29 is 9.84 Å². The average molecular weight is 240 g/mol. The number of anilines is 1. The van der Waals surface area contributed by atoms with Crippen molar-refractivity contribution >= 4 is 5.82 Å². The van der Waals surface area contributed by atoms with Crippen LogP contribution in [0.15, 0.2) is 17.1 Å². The van der Waals surface area contributed by atoms with E-state index in [2.05, 4.69) is 4.98 Å². The zero-order chi connectivity index (χ0) is 12.6. The van der Waals surface area contributed by atoms with Crippen LogP contribution in [0.3, 0.4) is 0 Å². The molecule has 0 radical (unpaired) electrons. The van der Waals surface area contributed by atoms with Gasteiger partial charge in [-0.05, 0) is 19.4 Å². The highest BCUT2D eigenvalue weighted by atomic mass is 16.5. The van der Waals surface area contributed by atoms with E-state index in [4.69, 9.17) is 21.3 Å². The molecule has 0 amide bonds. The fourth-order valence-electron chi connectivity index (χ4n) is 2.07. The summed E-state index contributed by atoms with van der Waals surface area (Å²) in [6.07, 6.45) is 0.977. The quantitative estimate of drug-likeness (QED) is 0.599. The van der Waals surface area contributed by atoms with E-state index < -0.39 is 17.5 Å². The molecule has 17 heavy (non-hydrogen) atoms. The lowest BCUT2D eigenvalue weighted by Crippen LogP contribution is -2.45. The first-order valence-electron chi connectivity index (χ1n) is 5.34. The number of nitrogens with zero attached hydrogens (tertiary/aromatic N) is 2. The number of nitrogens with two attached hydrogens (primary N) is 2. The van der Waals surface area contributed by atoms with Crippen molar-refractivity contribution in [2.45, 2.75) is 31.2 Å². The van der Waals surface area contributed by atoms with Crippen LogP contribution in [0, 0.1) is 0 Å². The molecule has 0 bridgehead atoms. The molecule has 3 atom stereocenters. The van der Waals surface area contributed by atoms with Gasteiger partial charge in [-0.15, -0.1) is 0 Å². The molecule has 1 saturated heterocycles. The minimum Gasteiger partial charge on any atom is -0.394 e. The van der Waals surface area contributed by atoms with Gasteiger partial charge in [-0.2, -0.15) is 4.98 Å². The summed E-state index contributed by atoms with van der Waals surface area (Å²) in [4.78, 5) is 15.3. The predicted octanol–water partition coefficient (Wildman–Crippen LogP) is -1.18. The Morgan fingerprint density at radius 1 is 1.76 bits per heavy atom. The lowest BCUT2D eigenvalue weighted by Gasteiger charge is -2.26. The van der Waals surface area contributed by atoms with Crippen molar-refractivity contribution in [3.8, 4) is 0 Å². The van der Waals surface area contributed by atoms with Gasteiger partial charge in [0.05, 0.1) is 18.2 Å². The lowest BCUT2D eigenvalue weighted by molar-refractivity contribution is -0.0377. The molecule has 2 heterocycles. The maximum Gasteiger partial charge on any atom is 0.351 e. The van der Waals surface area contributed by atoms with Crippen LogP contribution in [-0.4, -0.2) is 32.9 Å². The topological polar surface area (TPSA) is 116 Å². The molecule has 1 aliphatic heterocycles. The van der Waals surface area contributed by atoms with E-state index in [0.29, 0.717) is 6.42 Å². The fourth-order valence-corrected chi connectivity index (χ4v) is 2.07. The average Bonchev–Trinajstić information content (AvgIpc) is 2.54. The SMILES string of the molecule is CC1(N)CC(CO)OC1n1ccc(N)nc1=O. The number of hydrogen-bond acceptors (Lipinski definition) is 6. The summed E-state index contributed by atoms with van der Waals surface area (Å²) >= 11 is 0. The number of hydrogen-bond donors (Lipinski definition) is 3. The van der Waals surface area contributed by atoms with Crippen LogP contribution in [0.5, 0.6) is 0 Å². The van der Waals surface area contributed by atoms with Crippen molar-refractivity contribution in [2.24, 2.45) is 5.73 Å². The first-order valence-corrected chi connectivity index (χ1v) is 5.34. The normalized spacial score (nSPS) is 32.9. The number of aliphatic hydroxyl groups excluding tert-OH is 1. The third-order valence-corrected chi connectivity index (χ3v) is 2.86. The van der Waals surface area contributed by atoms with Gasteiger partial charge in [-0.25, -0.2) is 4.79 Å². The smallest absolute Gasteiger partial charge is 0.351 e. The molecule has 1 aromatic heterocycles. The maximum atomic E-state index is 11.7. The molecule has 1 aromatic rings. The monoisotopic (exact) mass is 240 g/mol. The van der Waals surface area contributed by atoms with E-state index in [9.17, 15) is 4.79 Å². The fraction of sp³-hybridized carbons (Fsp3) is 0.600. The molecule has 7 nitrogen and oxygen atoms in total. The number of nitrogen functional groups attached to an aromatic ring is 1. The Morgan fingerprint density at radius 2 is 2.47 bits per heavy atom. The maximum absolute atomic E-state index is 11.7.